The molecule has 2 amide bonds. The summed E-state index contributed by atoms with van der Waals surface area (Å²) in [6, 6.07) is 11.3. The van der Waals surface area contributed by atoms with Gasteiger partial charge in [0.1, 0.15) is 5.70 Å². The highest BCUT2D eigenvalue weighted by atomic mass is 16.7. The van der Waals surface area contributed by atoms with Gasteiger partial charge in [-0.25, -0.2) is 0 Å². The average molecular weight is 450 g/mol. The van der Waals surface area contributed by atoms with Crippen molar-refractivity contribution in [3.05, 3.63) is 58.8 Å². The summed E-state index contributed by atoms with van der Waals surface area (Å²) in [6.45, 7) is 8.04. The van der Waals surface area contributed by atoms with E-state index < -0.39 is 0 Å². The van der Waals surface area contributed by atoms with Gasteiger partial charge in [0.25, 0.3) is 11.8 Å². The molecule has 8 heteroatoms. The number of anilines is 1. The first-order chi connectivity index (χ1) is 16.0. The number of aryl methyl sites for hydroxylation is 2. The number of benzene rings is 2. The van der Waals surface area contributed by atoms with Gasteiger partial charge in [-0.2, -0.15) is 0 Å². The summed E-state index contributed by atoms with van der Waals surface area (Å²) in [6.07, 6.45) is 0. The molecule has 2 aromatic carbocycles. The van der Waals surface area contributed by atoms with Gasteiger partial charge in [-0.3, -0.25) is 19.4 Å². The van der Waals surface area contributed by atoms with Crippen molar-refractivity contribution in [3.63, 3.8) is 0 Å². The third kappa shape index (κ3) is 4.19. The first-order valence-electron chi connectivity index (χ1n) is 11.2. The third-order valence-corrected chi connectivity index (χ3v) is 6.20. The van der Waals surface area contributed by atoms with Crippen LogP contribution in [0.25, 0.3) is 5.57 Å². The Morgan fingerprint density at radius 1 is 0.909 bits per heavy atom. The number of fused-ring (bicyclic) bond motifs is 1. The number of hydrogen-bond acceptors (Lipinski definition) is 7. The molecule has 5 rings (SSSR count). The molecule has 0 bridgehead atoms. The van der Waals surface area contributed by atoms with Crippen molar-refractivity contribution in [2.24, 2.45) is 0 Å². The molecule has 1 N–H and O–H groups in total. The van der Waals surface area contributed by atoms with E-state index in [0.29, 0.717) is 49.1 Å². The Bertz CT molecular complexity index is 1140. The number of amides is 2. The molecular formula is C25H27N3O5. The number of nitrogens with zero attached hydrogens (tertiary/aromatic N) is 2. The van der Waals surface area contributed by atoms with Crippen molar-refractivity contribution in [1.82, 2.24) is 9.80 Å². The number of carbonyl (C=O) groups excluding carboxylic acids is 2. The summed E-state index contributed by atoms with van der Waals surface area (Å²) < 4.78 is 16.2. The van der Waals surface area contributed by atoms with Crippen molar-refractivity contribution in [2.45, 2.75) is 13.8 Å². The number of rotatable bonds is 6. The van der Waals surface area contributed by atoms with E-state index in [-0.39, 0.29) is 24.3 Å². The van der Waals surface area contributed by atoms with Gasteiger partial charge in [0.15, 0.2) is 11.5 Å². The van der Waals surface area contributed by atoms with Crippen LogP contribution in [0.15, 0.2) is 42.1 Å². The number of nitrogens with one attached hydrogen (secondary N) is 1. The van der Waals surface area contributed by atoms with E-state index in [1.807, 2.05) is 38.1 Å². The molecule has 0 spiro atoms. The summed E-state index contributed by atoms with van der Waals surface area (Å²) in [7, 11) is 0. The predicted octanol–water partition coefficient (Wildman–Crippen LogP) is 2.56. The number of morpholine rings is 1. The lowest BCUT2D eigenvalue weighted by Crippen LogP contribution is -2.43. The minimum Gasteiger partial charge on any atom is -0.454 e. The van der Waals surface area contributed by atoms with Gasteiger partial charge in [0.2, 0.25) is 6.79 Å². The van der Waals surface area contributed by atoms with Crippen molar-refractivity contribution >= 4 is 23.1 Å². The topological polar surface area (TPSA) is 80.3 Å². The largest absolute Gasteiger partial charge is 0.454 e. The molecule has 3 heterocycles. The summed E-state index contributed by atoms with van der Waals surface area (Å²) in [5, 5.41) is 3.21. The normalized spacial score (nSPS) is 18.4. The van der Waals surface area contributed by atoms with Crippen LogP contribution >= 0.6 is 0 Å². The maximum atomic E-state index is 13.5. The third-order valence-electron chi connectivity index (χ3n) is 6.20. The molecule has 0 aliphatic carbocycles. The van der Waals surface area contributed by atoms with Crippen LogP contribution in [0.5, 0.6) is 11.5 Å². The molecule has 3 aliphatic rings. The zero-order valence-corrected chi connectivity index (χ0v) is 18.8. The van der Waals surface area contributed by atoms with Gasteiger partial charge < -0.3 is 19.5 Å². The molecule has 0 saturated carbocycles. The Balaban J connectivity index is 1.47. The van der Waals surface area contributed by atoms with E-state index in [2.05, 4.69) is 10.2 Å². The summed E-state index contributed by atoms with van der Waals surface area (Å²) in [4.78, 5) is 30.6. The van der Waals surface area contributed by atoms with Crippen molar-refractivity contribution in [2.75, 3.05) is 51.5 Å². The highest BCUT2D eigenvalue weighted by Gasteiger charge is 2.39. The van der Waals surface area contributed by atoms with Crippen LogP contribution in [0, 0.1) is 13.8 Å². The van der Waals surface area contributed by atoms with Crippen molar-refractivity contribution < 1.29 is 23.8 Å². The maximum Gasteiger partial charge on any atom is 0.278 e. The van der Waals surface area contributed by atoms with E-state index in [4.69, 9.17) is 14.2 Å². The molecular weight excluding hydrogens is 422 g/mol. The predicted molar refractivity (Wildman–Crippen MR) is 123 cm³/mol. The van der Waals surface area contributed by atoms with E-state index in [0.717, 1.165) is 29.8 Å². The molecule has 3 aliphatic heterocycles. The molecule has 0 aromatic heterocycles. The lowest BCUT2D eigenvalue weighted by Gasteiger charge is -2.28. The Labute approximate surface area is 192 Å². The fraction of sp³-hybridized carbons (Fsp3) is 0.360. The first kappa shape index (κ1) is 21.5. The van der Waals surface area contributed by atoms with Gasteiger partial charge >= 0.3 is 0 Å². The van der Waals surface area contributed by atoms with E-state index >= 15 is 0 Å². The monoisotopic (exact) mass is 449 g/mol. The Morgan fingerprint density at radius 3 is 2.48 bits per heavy atom. The Morgan fingerprint density at radius 2 is 1.70 bits per heavy atom. The Hall–Kier alpha value is -3.36. The molecule has 8 nitrogen and oxygen atoms in total. The second-order valence-corrected chi connectivity index (χ2v) is 8.48. The smallest absolute Gasteiger partial charge is 0.278 e. The van der Waals surface area contributed by atoms with Crippen LogP contribution in [0.2, 0.25) is 0 Å². The maximum absolute atomic E-state index is 13.5. The van der Waals surface area contributed by atoms with Gasteiger partial charge in [-0.05, 0) is 37.1 Å². The van der Waals surface area contributed by atoms with Crippen LogP contribution in [0.3, 0.4) is 0 Å². The zero-order chi connectivity index (χ0) is 22.9. The first-order valence-corrected chi connectivity index (χ1v) is 11.2. The van der Waals surface area contributed by atoms with Crippen molar-refractivity contribution in [3.8, 4) is 11.5 Å². The summed E-state index contributed by atoms with van der Waals surface area (Å²) >= 11 is 0. The van der Waals surface area contributed by atoms with E-state index in [1.165, 1.54) is 4.90 Å². The fourth-order valence-electron chi connectivity index (χ4n) is 4.42. The van der Waals surface area contributed by atoms with Crippen molar-refractivity contribution in [1.29, 1.82) is 0 Å². The lowest BCUT2D eigenvalue weighted by atomic mass is 9.97. The molecule has 0 atom stereocenters. The van der Waals surface area contributed by atoms with Gasteiger partial charge in [-0.15, -0.1) is 0 Å². The zero-order valence-electron chi connectivity index (χ0n) is 18.8. The highest BCUT2D eigenvalue weighted by molar-refractivity contribution is 6.36. The minimum atomic E-state index is -0.319. The molecule has 0 radical (unpaired) electrons. The molecule has 1 fully saturated rings. The second-order valence-electron chi connectivity index (χ2n) is 8.48. The van der Waals surface area contributed by atoms with Crippen LogP contribution < -0.4 is 14.8 Å². The number of imide groups is 1. The molecule has 172 valence electrons. The quantitative estimate of drug-likeness (QED) is 0.679. The highest BCUT2D eigenvalue weighted by Crippen LogP contribution is 2.37. The van der Waals surface area contributed by atoms with Crippen LogP contribution in [-0.4, -0.2) is 67.8 Å². The number of ether oxygens (including phenoxy) is 3. The van der Waals surface area contributed by atoms with E-state index in [1.54, 1.807) is 12.1 Å². The summed E-state index contributed by atoms with van der Waals surface area (Å²) in [5.41, 5.74) is 4.16. The molecule has 33 heavy (non-hydrogen) atoms. The van der Waals surface area contributed by atoms with Gasteiger partial charge in [0, 0.05) is 37.9 Å². The second kappa shape index (κ2) is 8.88. The standard InChI is InChI=1S/C25H27N3O5/c1-16-3-5-19(17(2)13-16)22-23(26-18-4-6-20-21(14-18)33-15-32-20)25(30)28(24(22)29)8-7-27-9-11-31-12-10-27/h3-6,13-14,26H,7-12,15H2,1-2H3. The van der Waals surface area contributed by atoms with Gasteiger partial charge in [0.05, 0.1) is 18.8 Å². The SMILES string of the molecule is Cc1ccc(C2=C(Nc3ccc4c(c3)OCO4)C(=O)N(CCN3CCOCC3)C2=O)c(C)c1. The van der Waals surface area contributed by atoms with Crippen LogP contribution in [-0.2, 0) is 14.3 Å². The number of carbonyl (C=O) groups is 2. The molecule has 2 aromatic rings. The van der Waals surface area contributed by atoms with Crippen LogP contribution in [0.1, 0.15) is 16.7 Å². The molecule has 1 saturated heterocycles. The summed E-state index contributed by atoms with van der Waals surface area (Å²) in [5.74, 6) is 0.670. The number of hydrogen-bond donors (Lipinski definition) is 1. The molecule has 0 unspecified atom stereocenters. The lowest BCUT2D eigenvalue weighted by molar-refractivity contribution is -0.137. The van der Waals surface area contributed by atoms with E-state index in [9.17, 15) is 9.59 Å². The minimum absolute atomic E-state index is 0.169. The van der Waals surface area contributed by atoms with Gasteiger partial charge in [-0.1, -0.05) is 23.8 Å². The average Bonchev–Trinajstić information content (AvgIpc) is 3.36. The Kier molecular flexibility index (Phi) is 5.78. The fourth-order valence-corrected chi connectivity index (χ4v) is 4.42. The van der Waals surface area contributed by atoms with Crippen LogP contribution in [0.4, 0.5) is 5.69 Å².